The summed E-state index contributed by atoms with van der Waals surface area (Å²) >= 11 is 1.63. The zero-order valence-electron chi connectivity index (χ0n) is 13.0. The Kier molecular flexibility index (Phi) is 5.57. The van der Waals surface area contributed by atoms with Gasteiger partial charge in [0.15, 0.2) is 0 Å². The van der Waals surface area contributed by atoms with Crippen LogP contribution in [0.2, 0.25) is 0 Å². The molecule has 1 aliphatic heterocycles. The van der Waals surface area contributed by atoms with Gasteiger partial charge < -0.3 is 4.90 Å². The van der Waals surface area contributed by atoms with Crippen molar-refractivity contribution >= 4 is 28.0 Å². The van der Waals surface area contributed by atoms with Gasteiger partial charge in [0, 0.05) is 28.9 Å². The van der Waals surface area contributed by atoms with E-state index in [9.17, 15) is 9.00 Å². The van der Waals surface area contributed by atoms with Gasteiger partial charge in [-0.3, -0.25) is 14.3 Å². The van der Waals surface area contributed by atoms with E-state index in [1.807, 2.05) is 17.2 Å². The molecule has 1 aromatic heterocycles. The molecule has 1 fully saturated rings. The summed E-state index contributed by atoms with van der Waals surface area (Å²) in [6.45, 7) is 6.24. The number of thiophene rings is 1. The molecule has 0 aromatic carbocycles. The van der Waals surface area contributed by atoms with Gasteiger partial charge in [-0.25, -0.2) is 0 Å². The highest BCUT2D eigenvalue weighted by Crippen LogP contribution is 2.31. The van der Waals surface area contributed by atoms with Crippen molar-refractivity contribution in [3.05, 3.63) is 22.4 Å². The molecule has 1 N–H and O–H groups in total. The summed E-state index contributed by atoms with van der Waals surface area (Å²) in [7, 11) is -0.909. The SMILES string of the molecule is CC(C)CC1NC(c2ccsc2)N(C(C)CS(C)=O)C1=O. The second-order valence-corrected chi connectivity index (χ2v) is 8.40. The van der Waals surface area contributed by atoms with Crippen LogP contribution in [0.15, 0.2) is 16.8 Å². The average molecular weight is 329 g/mol. The number of nitrogens with zero attached hydrogens (tertiary/aromatic N) is 1. The molecule has 4 atom stereocenters. The first-order valence-electron chi connectivity index (χ1n) is 7.30. The highest BCUT2D eigenvalue weighted by Gasteiger charge is 2.42. The minimum Gasteiger partial charge on any atom is -0.318 e. The third-order valence-electron chi connectivity index (χ3n) is 3.71. The predicted octanol–water partition coefficient (Wildman–Crippen LogP) is 2.36. The van der Waals surface area contributed by atoms with Crippen LogP contribution >= 0.6 is 11.3 Å². The van der Waals surface area contributed by atoms with Gasteiger partial charge >= 0.3 is 0 Å². The molecule has 1 aromatic rings. The van der Waals surface area contributed by atoms with Crippen molar-refractivity contribution in [2.45, 2.75) is 45.4 Å². The van der Waals surface area contributed by atoms with Crippen LogP contribution in [0.1, 0.15) is 38.9 Å². The van der Waals surface area contributed by atoms with Gasteiger partial charge in [0.25, 0.3) is 0 Å². The third-order valence-corrected chi connectivity index (χ3v) is 5.36. The van der Waals surface area contributed by atoms with E-state index in [1.165, 1.54) is 0 Å². The molecule has 6 heteroatoms. The maximum absolute atomic E-state index is 12.7. The van der Waals surface area contributed by atoms with Crippen molar-refractivity contribution < 1.29 is 9.00 Å². The molecule has 2 rings (SSSR count). The summed E-state index contributed by atoms with van der Waals surface area (Å²) in [6.07, 6.45) is 2.43. The largest absolute Gasteiger partial charge is 0.318 e. The van der Waals surface area contributed by atoms with Gasteiger partial charge in [-0.1, -0.05) is 13.8 Å². The number of hydrogen-bond acceptors (Lipinski definition) is 4. The molecule has 1 saturated heterocycles. The molecular formula is C15H24N2O2S2. The van der Waals surface area contributed by atoms with Gasteiger partial charge in [-0.2, -0.15) is 11.3 Å². The first-order chi connectivity index (χ1) is 9.90. The van der Waals surface area contributed by atoms with E-state index in [1.54, 1.807) is 17.6 Å². The van der Waals surface area contributed by atoms with Gasteiger partial charge in [0.1, 0.15) is 6.17 Å². The number of carbonyl (C=O) groups is 1. The minimum absolute atomic E-state index is 0.0297. The Hall–Kier alpha value is -0.720. The summed E-state index contributed by atoms with van der Waals surface area (Å²) in [4.78, 5) is 14.6. The van der Waals surface area contributed by atoms with Crippen LogP contribution in [0.5, 0.6) is 0 Å². The van der Waals surface area contributed by atoms with Crippen molar-refractivity contribution in [2.24, 2.45) is 5.92 Å². The lowest BCUT2D eigenvalue weighted by atomic mass is 10.0. The first-order valence-corrected chi connectivity index (χ1v) is 9.97. The summed E-state index contributed by atoms with van der Waals surface area (Å²) in [5.41, 5.74) is 1.12. The highest BCUT2D eigenvalue weighted by atomic mass is 32.2. The Labute approximate surface area is 133 Å². The molecule has 0 saturated carbocycles. The average Bonchev–Trinajstić information content (AvgIpc) is 2.96. The molecule has 0 radical (unpaired) electrons. The second kappa shape index (κ2) is 7.03. The Morgan fingerprint density at radius 3 is 2.67 bits per heavy atom. The van der Waals surface area contributed by atoms with Gasteiger partial charge in [-0.05, 0) is 41.7 Å². The first kappa shape index (κ1) is 16.6. The van der Waals surface area contributed by atoms with E-state index in [-0.39, 0.29) is 24.2 Å². The fourth-order valence-corrected chi connectivity index (χ4v) is 4.39. The van der Waals surface area contributed by atoms with E-state index in [0.717, 1.165) is 12.0 Å². The van der Waals surface area contributed by atoms with Crippen molar-refractivity contribution in [1.82, 2.24) is 10.2 Å². The molecule has 2 heterocycles. The number of rotatable bonds is 6. The topological polar surface area (TPSA) is 49.4 Å². The third kappa shape index (κ3) is 3.93. The maximum Gasteiger partial charge on any atom is 0.241 e. The Balaban J connectivity index is 2.23. The van der Waals surface area contributed by atoms with E-state index < -0.39 is 10.8 Å². The van der Waals surface area contributed by atoms with Crippen molar-refractivity contribution in [1.29, 1.82) is 0 Å². The zero-order valence-corrected chi connectivity index (χ0v) is 14.7. The summed E-state index contributed by atoms with van der Waals surface area (Å²) < 4.78 is 11.5. The van der Waals surface area contributed by atoms with Gasteiger partial charge in [0.05, 0.1) is 6.04 Å². The number of hydrogen-bond donors (Lipinski definition) is 1. The summed E-state index contributed by atoms with van der Waals surface area (Å²) in [6, 6.07) is 1.89. The summed E-state index contributed by atoms with van der Waals surface area (Å²) in [5.74, 6) is 1.12. The standard InChI is InChI=1S/C15H24N2O2S2/c1-10(2)7-13-15(18)17(11(3)9-21(4)19)14(16-13)12-5-6-20-8-12/h5-6,8,10-11,13-14,16H,7,9H2,1-4H3. The molecule has 21 heavy (non-hydrogen) atoms. The normalized spacial score (nSPS) is 25.6. The smallest absolute Gasteiger partial charge is 0.241 e. The zero-order chi connectivity index (χ0) is 15.6. The summed E-state index contributed by atoms with van der Waals surface area (Å²) in [5, 5.41) is 7.56. The fourth-order valence-electron chi connectivity index (χ4n) is 2.87. The Bertz CT molecular complexity index is 502. The molecule has 0 spiro atoms. The van der Waals surface area contributed by atoms with E-state index >= 15 is 0 Å². The fraction of sp³-hybridized carbons (Fsp3) is 0.667. The van der Waals surface area contributed by atoms with E-state index in [2.05, 4.69) is 30.6 Å². The molecule has 1 amide bonds. The second-order valence-electron chi connectivity index (χ2n) is 6.14. The molecule has 0 bridgehead atoms. The van der Waals surface area contributed by atoms with Crippen LogP contribution in [0, 0.1) is 5.92 Å². The molecule has 4 nitrogen and oxygen atoms in total. The van der Waals surface area contributed by atoms with Crippen LogP contribution < -0.4 is 5.32 Å². The Morgan fingerprint density at radius 1 is 1.43 bits per heavy atom. The lowest BCUT2D eigenvalue weighted by molar-refractivity contribution is -0.131. The van der Waals surface area contributed by atoms with Crippen molar-refractivity contribution in [2.75, 3.05) is 12.0 Å². The van der Waals surface area contributed by atoms with Crippen molar-refractivity contribution in [3.63, 3.8) is 0 Å². The molecule has 0 aliphatic carbocycles. The molecular weight excluding hydrogens is 304 g/mol. The molecule has 118 valence electrons. The van der Waals surface area contributed by atoms with Crippen LogP contribution in [0.25, 0.3) is 0 Å². The lowest BCUT2D eigenvalue weighted by Crippen LogP contribution is -2.41. The number of carbonyl (C=O) groups excluding carboxylic acids is 1. The lowest BCUT2D eigenvalue weighted by Gasteiger charge is -2.29. The van der Waals surface area contributed by atoms with Gasteiger partial charge in [-0.15, -0.1) is 0 Å². The van der Waals surface area contributed by atoms with Crippen LogP contribution in [-0.2, 0) is 15.6 Å². The molecule has 4 unspecified atom stereocenters. The van der Waals surface area contributed by atoms with Crippen molar-refractivity contribution in [3.8, 4) is 0 Å². The van der Waals surface area contributed by atoms with Gasteiger partial charge in [0.2, 0.25) is 5.91 Å². The molecule has 1 aliphatic rings. The van der Waals surface area contributed by atoms with E-state index in [0.29, 0.717) is 11.7 Å². The quantitative estimate of drug-likeness (QED) is 0.872. The van der Waals surface area contributed by atoms with Crippen LogP contribution in [0.3, 0.4) is 0 Å². The van der Waals surface area contributed by atoms with E-state index in [4.69, 9.17) is 0 Å². The maximum atomic E-state index is 12.7. The highest BCUT2D eigenvalue weighted by molar-refractivity contribution is 7.84. The van der Waals surface area contributed by atoms with Crippen LogP contribution in [-0.4, -0.2) is 39.1 Å². The Morgan fingerprint density at radius 2 is 2.14 bits per heavy atom. The number of nitrogens with one attached hydrogen (secondary N) is 1. The monoisotopic (exact) mass is 328 g/mol. The predicted molar refractivity (Wildman–Crippen MR) is 88.7 cm³/mol. The minimum atomic E-state index is -0.909. The number of amides is 1. The van der Waals surface area contributed by atoms with Crippen LogP contribution in [0.4, 0.5) is 0 Å².